The largest absolute Gasteiger partial charge is 0.459 e. The minimum absolute atomic E-state index is 0.114. The van der Waals surface area contributed by atoms with Gasteiger partial charge in [0.1, 0.15) is 0 Å². The Hall–Kier alpha value is -3.54. The third-order valence-corrected chi connectivity index (χ3v) is 8.11. The highest BCUT2D eigenvalue weighted by Gasteiger charge is 2.29. The van der Waals surface area contributed by atoms with E-state index in [4.69, 9.17) is 37.5 Å². The predicted octanol–water partition coefficient (Wildman–Crippen LogP) is 5.77. The number of carbonyl (C=O) groups is 1. The van der Waals surface area contributed by atoms with Gasteiger partial charge < -0.3 is 14.1 Å². The molecule has 0 N–H and O–H groups in total. The molecule has 7 nitrogen and oxygen atoms in total. The van der Waals surface area contributed by atoms with Gasteiger partial charge >= 0.3 is 0 Å². The summed E-state index contributed by atoms with van der Waals surface area (Å²) in [5, 5.41) is 6.35. The molecular formula is C32H30Cl2N4O3. The number of halogens is 2. The Morgan fingerprint density at radius 1 is 0.976 bits per heavy atom. The van der Waals surface area contributed by atoms with Crippen molar-refractivity contribution in [3.05, 3.63) is 99.1 Å². The second kappa shape index (κ2) is 12.5. The van der Waals surface area contributed by atoms with Gasteiger partial charge in [-0.2, -0.15) is 5.10 Å². The van der Waals surface area contributed by atoms with Gasteiger partial charge in [0, 0.05) is 72.1 Å². The monoisotopic (exact) mass is 588 g/mol. The summed E-state index contributed by atoms with van der Waals surface area (Å²) in [5.41, 5.74) is 5.58. The summed E-state index contributed by atoms with van der Waals surface area (Å²) in [6.45, 7) is 6.40. The molecule has 0 radical (unpaired) electrons. The summed E-state index contributed by atoms with van der Waals surface area (Å²) >= 11 is 12.6. The molecule has 0 bridgehead atoms. The maximum absolute atomic E-state index is 13.2. The summed E-state index contributed by atoms with van der Waals surface area (Å²) in [6.07, 6.45) is 3.24. The summed E-state index contributed by atoms with van der Waals surface area (Å²) in [5.74, 6) is 6.62. The van der Waals surface area contributed by atoms with Crippen molar-refractivity contribution in [1.29, 1.82) is 0 Å². The maximum atomic E-state index is 13.2. The number of rotatable bonds is 6. The fraction of sp³-hybridized carbons (Fsp3) is 0.312. The number of fused-ring (bicyclic) bond motifs is 1. The summed E-state index contributed by atoms with van der Waals surface area (Å²) < 4.78 is 13.0. The van der Waals surface area contributed by atoms with Gasteiger partial charge in [0.05, 0.1) is 36.7 Å². The van der Waals surface area contributed by atoms with Gasteiger partial charge in [-0.05, 0) is 55.0 Å². The molecule has 0 aliphatic carbocycles. The topological polar surface area (TPSA) is 63.7 Å². The van der Waals surface area contributed by atoms with Crippen LogP contribution >= 0.6 is 23.2 Å². The van der Waals surface area contributed by atoms with Crippen LogP contribution in [0.25, 0.3) is 11.3 Å². The van der Waals surface area contributed by atoms with Crippen LogP contribution in [0.4, 0.5) is 0 Å². The van der Waals surface area contributed by atoms with Crippen LogP contribution < -0.4 is 0 Å². The van der Waals surface area contributed by atoms with Crippen molar-refractivity contribution in [2.45, 2.75) is 25.9 Å². The second-order valence-electron chi connectivity index (χ2n) is 10.2. The van der Waals surface area contributed by atoms with Crippen LogP contribution in [0.2, 0.25) is 10.0 Å². The van der Waals surface area contributed by atoms with Crippen molar-refractivity contribution >= 4 is 29.1 Å². The molecule has 2 aromatic heterocycles. The SMILES string of the molecule is O=C(c1ccco1)N1CCc2c(c(-c3ccc(Cl)c(C#Cc4ccc(Cl)cc4)c3)nn2CCCN2CCOCC2)C1. The van der Waals surface area contributed by atoms with E-state index in [2.05, 4.69) is 21.4 Å². The lowest BCUT2D eigenvalue weighted by molar-refractivity contribution is 0.0368. The standard InChI is InChI=1S/C32H30Cl2N4O3/c33-26-9-5-23(6-10-26)4-7-24-21-25(8-11-28(24)34)31-27-22-37(32(39)30-3-1-18-41-30)15-12-29(27)38(35-31)14-2-13-36-16-19-40-20-17-36/h1,3,5-6,8-11,18,21H,2,12-17,19-20,22H2. The maximum Gasteiger partial charge on any atom is 0.289 e. The molecule has 6 rings (SSSR count). The molecule has 2 aliphatic rings. The van der Waals surface area contributed by atoms with Crippen molar-refractivity contribution in [1.82, 2.24) is 19.6 Å². The van der Waals surface area contributed by atoms with Crippen LogP contribution in [0, 0.1) is 11.8 Å². The molecular weight excluding hydrogens is 559 g/mol. The van der Waals surface area contributed by atoms with Crippen molar-refractivity contribution in [3.63, 3.8) is 0 Å². The lowest BCUT2D eigenvalue weighted by Gasteiger charge is -2.28. The molecule has 1 saturated heterocycles. The summed E-state index contributed by atoms with van der Waals surface area (Å²) in [4.78, 5) is 17.4. The quantitative estimate of drug-likeness (QED) is 0.267. The van der Waals surface area contributed by atoms with Crippen LogP contribution in [-0.2, 0) is 24.2 Å². The highest BCUT2D eigenvalue weighted by Crippen LogP contribution is 2.33. The number of ether oxygens (including phenoxy) is 1. The number of amides is 1. The average molecular weight is 590 g/mol. The van der Waals surface area contributed by atoms with Crippen LogP contribution in [0.1, 0.15) is 39.4 Å². The van der Waals surface area contributed by atoms with Crippen LogP contribution in [-0.4, -0.2) is 64.9 Å². The first-order valence-electron chi connectivity index (χ1n) is 13.8. The van der Waals surface area contributed by atoms with E-state index >= 15 is 0 Å². The van der Waals surface area contributed by atoms with Gasteiger partial charge in [-0.1, -0.05) is 41.1 Å². The Balaban J connectivity index is 1.30. The van der Waals surface area contributed by atoms with E-state index in [0.29, 0.717) is 34.5 Å². The van der Waals surface area contributed by atoms with Gasteiger partial charge in [0.2, 0.25) is 0 Å². The highest BCUT2D eigenvalue weighted by molar-refractivity contribution is 6.32. The van der Waals surface area contributed by atoms with Crippen LogP contribution in [0.5, 0.6) is 0 Å². The lowest BCUT2D eigenvalue weighted by Crippen LogP contribution is -2.37. The number of morpholine rings is 1. The van der Waals surface area contributed by atoms with Gasteiger partial charge in [0.15, 0.2) is 5.76 Å². The molecule has 0 atom stereocenters. The molecule has 2 aliphatic heterocycles. The molecule has 0 unspecified atom stereocenters. The molecule has 9 heteroatoms. The number of nitrogens with zero attached hydrogens (tertiary/aromatic N) is 4. The zero-order valence-corrected chi connectivity index (χ0v) is 24.1. The first-order valence-corrected chi connectivity index (χ1v) is 14.6. The van der Waals surface area contributed by atoms with Crippen LogP contribution in [0.15, 0.2) is 65.3 Å². The average Bonchev–Trinajstić information content (AvgIpc) is 3.67. The van der Waals surface area contributed by atoms with Crippen molar-refractivity contribution in [3.8, 4) is 23.1 Å². The molecule has 0 saturated carbocycles. The molecule has 41 heavy (non-hydrogen) atoms. The fourth-order valence-electron chi connectivity index (χ4n) is 5.35. The highest BCUT2D eigenvalue weighted by atomic mass is 35.5. The molecule has 1 amide bonds. The van der Waals surface area contributed by atoms with Gasteiger partial charge in [-0.3, -0.25) is 14.4 Å². The third-order valence-electron chi connectivity index (χ3n) is 7.53. The fourth-order valence-corrected chi connectivity index (χ4v) is 5.64. The van der Waals surface area contributed by atoms with E-state index in [0.717, 1.165) is 74.6 Å². The molecule has 4 aromatic rings. The zero-order valence-electron chi connectivity index (χ0n) is 22.6. The molecule has 4 heterocycles. The Labute approximate surface area is 249 Å². The second-order valence-corrected chi connectivity index (χ2v) is 11.1. The number of hydrogen-bond acceptors (Lipinski definition) is 5. The van der Waals surface area contributed by atoms with E-state index in [1.165, 1.54) is 12.0 Å². The number of aromatic nitrogens is 2. The number of hydrogen-bond donors (Lipinski definition) is 0. The third kappa shape index (κ3) is 6.37. The molecule has 0 spiro atoms. The first kappa shape index (κ1) is 27.6. The predicted molar refractivity (Wildman–Crippen MR) is 159 cm³/mol. The van der Waals surface area contributed by atoms with E-state index in [1.54, 1.807) is 12.1 Å². The number of aryl methyl sites for hydroxylation is 1. The first-order chi connectivity index (χ1) is 20.0. The number of carbonyl (C=O) groups excluding carboxylic acids is 1. The van der Waals surface area contributed by atoms with Crippen molar-refractivity contribution in [2.75, 3.05) is 39.4 Å². The Morgan fingerprint density at radius 2 is 1.80 bits per heavy atom. The van der Waals surface area contributed by atoms with Gasteiger partial charge in [-0.25, -0.2) is 0 Å². The molecule has 210 valence electrons. The minimum Gasteiger partial charge on any atom is -0.459 e. The minimum atomic E-state index is -0.114. The smallest absolute Gasteiger partial charge is 0.289 e. The van der Waals surface area contributed by atoms with Crippen molar-refractivity contribution in [2.24, 2.45) is 0 Å². The Kier molecular flexibility index (Phi) is 8.45. The normalized spacial score (nSPS) is 15.3. The molecule has 2 aromatic carbocycles. The van der Waals surface area contributed by atoms with Gasteiger partial charge in [-0.15, -0.1) is 0 Å². The summed E-state index contributed by atoms with van der Waals surface area (Å²) in [7, 11) is 0. The van der Waals surface area contributed by atoms with Crippen molar-refractivity contribution < 1.29 is 13.9 Å². The Bertz CT molecular complexity index is 1580. The van der Waals surface area contributed by atoms with E-state index in [9.17, 15) is 4.79 Å². The summed E-state index contributed by atoms with van der Waals surface area (Å²) in [6, 6.07) is 16.7. The number of benzene rings is 2. The van der Waals surface area contributed by atoms with E-state index in [-0.39, 0.29) is 5.91 Å². The van der Waals surface area contributed by atoms with Crippen LogP contribution in [0.3, 0.4) is 0 Å². The van der Waals surface area contributed by atoms with E-state index < -0.39 is 0 Å². The molecule has 1 fully saturated rings. The lowest BCUT2D eigenvalue weighted by atomic mass is 9.99. The van der Waals surface area contributed by atoms with E-state index in [1.807, 2.05) is 47.4 Å². The van der Waals surface area contributed by atoms with Gasteiger partial charge in [0.25, 0.3) is 5.91 Å². The number of furan rings is 1. The Morgan fingerprint density at radius 3 is 2.59 bits per heavy atom. The zero-order chi connectivity index (χ0) is 28.2.